The van der Waals surface area contributed by atoms with E-state index < -0.39 is 0 Å². The number of nitriles is 1. The number of benzene rings is 1. The summed E-state index contributed by atoms with van der Waals surface area (Å²) in [5.41, 5.74) is 8.69. The summed E-state index contributed by atoms with van der Waals surface area (Å²) in [5.74, 6) is 1.75. The molecule has 0 aliphatic heterocycles. The van der Waals surface area contributed by atoms with Crippen LogP contribution in [-0.4, -0.2) is 9.55 Å². The third kappa shape index (κ3) is 2.67. The number of nitrogens with two attached hydrogens (primary N) is 1. The maximum atomic E-state index is 8.84. The third-order valence-corrected chi connectivity index (χ3v) is 3.42. The lowest BCUT2D eigenvalue weighted by Crippen LogP contribution is -2.06. The Morgan fingerprint density at radius 1 is 1.25 bits per heavy atom. The summed E-state index contributed by atoms with van der Waals surface area (Å²) in [4.78, 5) is 4.66. The molecule has 0 unspecified atom stereocenters. The van der Waals surface area contributed by atoms with Crippen LogP contribution in [0.1, 0.15) is 38.1 Å². The van der Waals surface area contributed by atoms with Crippen LogP contribution in [0.4, 0.5) is 5.82 Å². The van der Waals surface area contributed by atoms with Crippen molar-refractivity contribution in [3.05, 3.63) is 35.7 Å². The van der Waals surface area contributed by atoms with Gasteiger partial charge in [-0.25, -0.2) is 4.98 Å². The zero-order chi connectivity index (χ0) is 14.5. The molecule has 4 nitrogen and oxygen atoms in total. The second-order valence-electron chi connectivity index (χ2n) is 4.81. The molecule has 2 N–H and O–H groups in total. The first-order valence-electron chi connectivity index (χ1n) is 7.06. The molecular weight excluding hydrogens is 248 g/mol. The van der Waals surface area contributed by atoms with Gasteiger partial charge in [-0.2, -0.15) is 5.26 Å². The van der Waals surface area contributed by atoms with Crippen molar-refractivity contribution in [3.63, 3.8) is 0 Å². The fourth-order valence-corrected chi connectivity index (χ4v) is 2.26. The predicted octanol–water partition coefficient (Wildman–Crippen LogP) is 3.37. The number of aromatic nitrogens is 2. The van der Waals surface area contributed by atoms with Crippen LogP contribution in [0.25, 0.3) is 11.3 Å². The molecule has 2 rings (SSSR count). The summed E-state index contributed by atoms with van der Waals surface area (Å²) >= 11 is 0. The van der Waals surface area contributed by atoms with Crippen LogP contribution in [0.15, 0.2) is 24.3 Å². The minimum absolute atomic E-state index is 0.647. The maximum Gasteiger partial charge on any atom is 0.131 e. The van der Waals surface area contributed by atoms with Gasteiger partial charge in [0.25, 0.3) is 0 Å². The Hall–Kier alpha value is -2.28. The number of hydrogen-bond donors (Lipinski definition) is 1. The van der Waals surface area contributed by atoms with E-state index in [0.29, 0.717) is 5.56 Å². The van der Waals surface area contributed by atoms with Gasteiger partial charge in [0.1, 0.15) is 17.3 Å². The summed E-state index contributed by atoms with van der Waals surface area (Å²) in [5, 5.41) is 8.84. The Balaban J connectivity index is 2.41. The highest BCUT2D eigenvalue weighted by atomic mass is 15.1. The van der Waals surface area contributed by atoms with Crippen molar-refractivity contribution >= 4 is 5.82 Å². The second kappa shape index (κ2) is 6.25. The van der Waals surface area contributed by atoms with E-state index in [0.717, 1.165) is 48.7 Å². The lowest BCUT2D eigenvalue weighted by molar-refractivity contribution is 0.612. The highest BCUT2D eigenvalue weighted by molar-refractivity contribution is 5.71. The van der Waals surface area contributed by atoms with Crippen LogP contribution in [0, 0.1) is 11.3 Å². The Labute approximate surface area is 119 Å². The van der Waals surface area contributed by atoms with E-state index in [1.54, 1.807) is 12.1 Å². The van der Waals surface area contributed by atoms with E-state index in [2.05, 4.69) is 29.5 Å². The molecule has 2 aromatic rings. The number of anilines is 1. The van der Waals surface area contributed by atoms with Crippen LogP contribution in [0.5, 0.6) is 0 Å². The van der Waals surface area contributed by atoms with E-state index in [4.69, 9.17) is 11.0 Å². The lowest BCUT2D eigenvalue weighted by atomic mass is 10.1. The van der Waals surface area contributed by atoms with Gasteiger partial charge in [0.15, 0.2) is 0 Å². The van der Waals surface area contributed by atoms with Crippen LogP contribution in [-0.2, 0) is 13.0 Å². The van der Waals surface area contributed by atoms with Crippen molar-refractivity contribution < 1.29 is 0 Å². The first-order chi connectivity index (χ1) is 9.71. The quantitative estimate of drug-likeness (QED) is 0.904. The minimum atomic E-state index is 0.647. The molecule has 104 valence electrons. The fourth-order valence-electron chi connectivity index (χ4n) is 2.26. The summed E-state index contributed by atoms with van der Waals surface area (Å²) in [6.07, 6.45) is 3.09. The molecule has 0 amide bonds. The molecule has 1 aromatic heterocycles. The molecule has 0 fully saturated rings. The molecule has 0 bridgehead atoms. The molecule has 0 atom stereocenters. The predicted molar refractivity (Wildman–Crippen MR) is 81.1 cm³/mol. The van der Waals surface area contributed by atoms with Gasteiger partial charge in [-0.15, -0.1) is 0 Å². The number of nitrogen functional groups attached to an aromatic ring is 1. The van der Waals surface area contributed by atoms with E-state index in [9.17, 15) is 0 Å². The van der Waals surface area contributed by atoms with Gasteiger partial charge < -0.3 is 10.3 Å². The first kappa shape index (κ1) is 14.1. The minimum Gasteiger partial charge on any atom is -0.383 e. The average molecular weight is 268 g/mol. The molecule has 1 heterocycles. The van der Waals surface area contributed by atoms with Crippen LogP contribution in [0.2, 0.25) is 0 Å². The maximum absolute atomic E-state index is 8.84. The van der Waals surface area contributed by atoms with Crippen LogP contribution >= 0.6 is 0 Å². The number of hydrogen-bond acceptors (Lipinski definition) is 3. The monoisotopic (exact) mass is 268 g/mol. The fraction of sp³-hybridized carbons (Fsp3) is 0.375. The number of aryl methyl sites for hydroxylation is 1. The highest BCUT2D eigenvalue weighted by Crippen LogP contribution is 2.27. The molecule has 0 spiro atoms. The highest BCUT2D eigenvalue weighted by Gasteiger charge is 2.14. The molecule has 0 saturated heterocycles. The average Bonchev–Trinajstić information content (AvgIpc) is 2.81. The first-order valence-corrected chi connectivity index (χ1v) is 7.06. The number of nitrogens with zero attached hydrogens (tertiary/aromatic N) is 3. The molecular formula is C16H20N4. The molecule has 0 radical (unpaired) electrons. The second-order valence-corrected chi connectivity index (χ2v) is 4.81. The lowest BCUT2D eigenvalue weighted by Gasteiger charge is -2.07. The van der Waals surface area contributed by atoms with Gasteiger partial charge >= 0.3 is 0 Å². The van der Waals surface area contributed by atoms with Crippen LogP contribution in [0.3, 0.4) is 0 Å². The van der Waals surface area contributed by atoms with Gasteiger partial charge in [-0.05, 0) is 18.6 Å². The summed E-state index contributed by atoms with van der Waals surface area (Å²) in [7, 11) is 0. The van der Waals surface area contributed by atoms with Gasteiger partial charge in [-0.3, -0.25) is 0 Å². The Morgan fingerprint density at radius 3 is 2.50 bits per heavy atom. The largest absolute Gasteiger partial charge is 0.383 e. The number of imidazole rings is 1. The topological polar surface area (TPSA) is 67.6 Å². The van der Waals surface area contributed by atoms with Gasteiger partial charge in [0.05, 0.1) is 11.6 Å². The zero-order valence-corrected chi connectivity index (χ0v) is 12.1. The number of unbranched alkanes of at least 4 members (excludes halogenated alkanes) is 1. The standard InChI is InChI=1S/C16H20N4/c1-3-5-10-20-14(4-2)19-15(16(20)18)13-8-6-12(11-17)7-9-13/h6-9H,3-5,10,18H2,1-2H3. The molecule has 20 heavy (non-hydrogen) atoms. The molecule has 0 aliphatic carbocycles. The van der Waals surface area contributed by atoms with Gasteiger partial charge in [0.2, 0.25) is 0 Å². The van der Waals surface area contributed by atoms with Crippen molar-refractivity contribution in [1.29, 1.82) is 5.26 Å². The van der Waals surface area contributed by atoms with E-state index in [1.807, 2.05) is 12.1 Å². The van der Waals surface area contributed by atoms with Crippen molar-refractivity contribution in [2.75, 3.05) is 5.73 Å². The van der Waals surface area contributed by atoms with Crippen molar-refractivity contribution in [2.45, 2.75) is 39.7 Å². The molecule has 1 aromatic carbocycles. The van der Waals surface area contributed by atoms with E-state index in [1.165, 1.54) is 0 Å². The third-order valence-electron chi connectivity index (χ3n) is 3.42. The summed E-state index contributed by atoms with van der Waals surface area (Å²) in [6.45, 7) is 5.17. The Bertz CT molecular complexity index is 617. The number of rotatable bonds is 5. The summed E-state index contributed by atoms with van der Waals surface area (Å²) in [6, 6.07) is 9.52. The van der Waals surface area contributed by atoms with Crippen molar-refractivity contribution in [1.82, 2.24) is 9.55 Å². The van der Waals surface area contributed by atoms with E-state index in [-0.39, 0.29) is 0 Å². The summed E-state index contributed by atoms with van der Waals surface area (Å²) < 4.78 is 2.11. The molecule has 0 saturated carbocycles. The van der Waals surface area contributed by atoms with E-state index >= 15 is 0 Å². The normalized spacial score (nSPS) is 10.4. The van der Waals surface area contributed by atoms with Gasteiger partial charge in [0, 0.05) is 18.5 Å². The Morgan fingerprint density at radius 2 is 1.95 bits per heavy atom. The Kier molecular flexibility index (Phi) is 4.41. The zero-order valence-electron chi connectivity index (χ0n) is 12.1. The van der Waals surface area contributed by atoms with Crippen molar-refractivity contribution in [2.24, 2.45) is 0 Å². The smallest absolute Gasteiger partial charge is 0.131 e. The van der Waals surface area contributed by atoms with Crippen LogP contribution < -0.4 is 5.73 Å². The molecule has 4 heteroatoms. The molecule has 0 aliphatic rings. The van der Waals surface area contributed by atoms with Gasteiger partial charge in [-0.1, -0.05) is 32.4 Å². The SMILES string of the molecule is CCCCn1c(CC)nc(-c2ccc(C#N)cc2)c1N. The van der Waals surface area contributed by atoms with Crippen molar-refractivity contribution in [3.8, 4) is 17.3 Å².